The number of benzene rings is 1. The summed E-state index contributed by atoms with van der Waals surface area (Å²) in [5.41, 5.74) is 1.84. The highest BCUT2D eigenvalue weighted by Crippen LogP contribution is 2.17. The molecule has 1 atom stereocenters. The van der Waals surface area contributed by atoms with Crippen molar-refractivity contribution in [3.8, 4) is 0 Å². The first kappa shape index (κ1) is 12.7. The number of nitrogens with one attached hydrogen (secondary N) is 2. The van der Waals surface area contributed by atoms with Crippen LogP contribution < -0.4 is 15.5 Å². The highest BCUT2D eigenvalue weighted by atomic mass is 16.5. The van der Waals surface area contributed by atoms with Crippen LogP contribution in [0.25, 0.3) is 0 Å². The van der Waals surface area contributed by atoms with Gasteiger partial charge in [0.2, 0.25) is 0 Å². The van der Waals surface area contributed by atoms with E-state index >= 15 is 0 Å². The van der Waals surface area contributed by atoms with E-state index in [1.807, 2.05) is 43.3 Å². The van der Waals surface area contributed by atoms with Crippen molar-refractivity contribution in [2.24, 2.45) is 0 Å². The Kier molecular flexibility index (Phi) is 4.04. The van der Waals surface area contributed by atoms with Gasteiger partial charge in [0.15, 0.2) is 0 Å². The Bertz CT molecular complexity index is 414. The van der Waals surface area contributed by atoms with Gasteiger partial charge in [-0.25, -0.2) is 4.79 Å². The van der Waals surface area contributed by atoms with Crippen LogP contribution in [0.1, 0.15) is 6.42 Å². The lowest BCUT2D eigenvalue weighted by Crippen LogP contribution is -2.38. The van der Waals surface area contributed by atoms with Crippen LogP contribution in [0.4, 0.5) is 16.2 Å². The summed E-state index contributed by atoms with van der Waals surface area (Å²) >= 11 is 0. The number of anilines is 2. The Morgan fingerprint density at radius 3 is 2.94 bits per heavy atom. The monoisotopic (exact) mass is 249 g/mol. The van der Waals surface area contributed by atoms with Crippen LogP contribution >= 0.6 is 0 Å². The molecular formula is C13H19N3O2. The third kappa shape index (κ3) is 3.37. The third-order valence-electron chi connectivity index (χ3n) is 2.89. The molecule has 98 valence electrons. The number of ether oxygens (including phenoxy) is 1. The van der Waals surface area contributed by atoms with Gasteiger partial charge >= 0.3 is 6.03 Å². The maximum atomic E-state index is 11.8. The molecule has 0 spiro atoms. The zero-order valence-electron chi connectivity index (χ0n) is 10.8. The maximum absolute atomic E-state index is 11.8. The number of rotatable bonds is 3. The van der Waals surface area contributed by atoms with Gasteiger partial charge in [0.05, 0.1) is 12.6 Å². The summed E-state index contributed by atoms with van der Waals surface area (Å²) in [6.07, 6.45) is 0.880. The van der Waals surface area contributed by atoms with Gasteiger partial charge in [0.25, 0.3) is 0 Å². The van der Waals surface area contributed by atoms with Gasteiger partial charge in [-0.15, -0.1) is 0 Å². The van der Waals surface area contributed by atoms with E-state index in [0.29, 0.717) is 6.61 Å². The number of urea groups is 1. The molecule has 5 heteroatoms. The second kappa shape index (κ2) is 5.73. The molecule has 1 fully saturated rings. The second-order valence-corrected chi connectivity index (χ2v) is 4.60. The SMILES string of the molecule is CN(C)c1cccc(NC(=O)NC2CCOC2)c1. The largest absolute Gasteiger partial charge is 0.379 e. The number of carbonyl (C=O) groups excluding carboxylic acids is 1. The van der Waals surface area contributed by atoms with Gasteiger partial charge in [-0.05, 0) is 24.6 Å². The number of nitrogens with zero attached hydrogens (tertiary/aromatic N) is 1. The van der Waals surface area contributed by atoms with Crippen LogP contribution in [0.15, 0.2) is 24.3 Å². The van der Waals surface area contributed by atoms with Crippen LogP contribution in [0.2, 0.25) is 0 Å². The molecule has 0 aromatic heterocycles. The molecule has 5 nitrogen and oxygen atoms in total. The second-order valence-electron chi connectivity index (χ2n) is 4.60. The Labute approximate surface area is 107 Å². The van der Waals surface area contributed by atoms with E-state index in [4.69, 9.17) is 4.74 Å². The molecule has 1 aromatic carbocycles. The fraction of sp³-hybridized carbons (Fsp3) is 0.462. The molecule has 0 aliphatic carbocycles. The minimum Gasteiger partial charge on any atom is -0.379 e. The molecule has 18 heavy (non-hydrogen) atoms. The lowest BCUT2D eigenvalue weighted by molar-refractivity contribution is 0.189. The zero-order chi connectivity index (χ0) is 13.0. The molecule has 0 bridgehead atoms. The van der Waals surface area contributed by atoms with Crippen LogP contribution in [0.3, 0.4) is 0 Å². The van der Waals surface area contributed by atoms with E-state index < -0.39 is 0 Å². The molecule has 2 rings (SSSR count). The molecule has 2 N–H and O–H groups in total. The molecule has 1 saturated heterocycles. The summed E-state index contributed by atoms with van der Waals surface area (Å²) in [6, 6.07) is 7.67. The molecule has 2 amide bonds. The van der Waals surface area contributed by atoms with E-state index in [9.17, 15) is 4.79 Å². The van der Waals surface area contributed by atoms with Crippen molar-refractivity contribution in [2.75, 3.05) is 37.5 Å². The van der Waals surface area contributed by atoms with Crippen molar-refractivity contribution in [3.05, 3.63) is 24.3 Å². The van der Waals surface area contributed by atoms with Gasteiger partial charge in [-0.1, -0.05) is 6.07 Å². The van der Waals surface area contributed by atoms with Crippen molar-refractivity contribution < 1.29 is 9.53 Å². The van der Waals surface area contributed by atoms with E-state index in [-0.39, 0.29) is 12.1 Å². The molecule has 1 aromatic rings. The van der Waals surface area contributed by atoms with Crippen LogP contribution in [-0.2, 0) is 4.74 Å². The van der Waals surface area contributed by atoms with Crippen molar-refractivity contribution in [3.63, 3.8) is 0 Å². The summed E-state index contributed by atoms with van der Waals surface area (Å²) in [4.78, 5) is 13.8. The summed E-state index contributed by atoms with van der Waals surface area (Å²) < 4.78 is 5.21. The first-order valence-corrected chi connectivity index (χ1v) is 6.08. The minimum absolute atomic E-state index is 0.127. The summed E-state index contributed by atoms with van der Waals surface area (Å²) in [6.45, 7) is 1.33. The Morgan fingerprint density at radius 1 is 1.44 bits per heavy atom. The van der Waals surface area contributed by atoms with Crippen LogP contribution in [-0.4, -0.2) is 39.4 Å². The fourth-order valence-corrected chi connectivity index (χ4v) is 1.86. The number of hydrogen-bond donors (Lipinski definition) is 2. The van der Waals surface area contributed by atoms with E-state index in [1.54, 1.807) is 0 Å². The lowest BCUT2D eigenvalue weighted by Gasteiger charge is -2.15. The molecule has 1 unspecified atom stereocenters. The normalized spacial score (nSPS) is 18.4. The summed E-state index contributed by atoms with van der Waals surface area (Å²) in [5, 5.41) is 5.72. The molecule has 0 radical (unpaired) electrons. The zero-order valence-corrected chi connectivity index (χ0v) is 10.8. The highest BCUT2D eigenvalue weighted by molar-refractivity contribution is 5.90. The fourth-order valence-electron chi connectivity index (χ4n) is 1.86. The number of amides is 2. The first-order chi connectivity index (χ1) is 8.65. The van der Waals surface area contributed by atoms with E-state index in [0.717, 1.165) is 24.4 Å². The van der Waals surface area contributed by atoms with Gasteiger partial charge in [0.1, 0.15) is 0 Å². The van der Waals surface area contributed by atoms with Crippen molar-refractivity contribution in [1.82, 2.24) is 5.32 Å². The molecular weight excluding hydrogens is 230 g/mol. The summed E-state index contributed by atoms with van der Waals surface area (Å²) in [7, 11) is 3.93. The molecule has 1 heterocycles. The van der Waals surface area contributed by atoms with Crippen LogP contribution in [0, 0.1) is 0 Å². The predicted molar refractivity (Wildman–Crippen MR) is 72.1 cm³/mol. The van der Waals surface area contributed by atoms with Gasteiger partial charge < -0.3 is 20.3 Å². The maximum Gasteiger partial charge on any atom is 0.319 e. The standard InChI is InChI=1S/C13H19N3O2/c1-16(2)12-5-3-4-10(8-12)14-13(17)15-11-6-7-18-9-11/h3-5,8,11H,6-7,9H2,1-2H3,(H2,14,15,17). The van der Waals surface area contributed by atoms with E-state index in [1.165, 1.54) is 0 Å². The first-order valence-electron chi connectivity index (χ1n) is 6.08. The van der Waals surface area contributed by atoms with Gasteiger partial charge in [-0.2, -0.15) is 0 Å². The average molecular weight is 249 g/mol. The Hall–Kier alpha value is -1.75. The smallest absolute Gasteiger partial charge is 0.319 e. The lowest BCUT2D eigenvalue weighted by atomic mass is 10.2. The third-order valence-corrected chi connectivity index (χ3v) is 2.89. The topological polar surface area (TPSA) is 53.6 Å². The van der Waals surface area contributed by atoms with Crippen molar-refractivity contribution in [2.45, 2.75) is 12.5 Å². The minimum atomic E-state index is -0.179. The van der Waals surface area contributed by atoms with Gasteiger partial charge in [-0.3, -0.25) is 0 Å². The molecule has 1 aliphatic heterocycles. The molecule has 1 aliphatic rings. The van der Waals surface area contributed by atoms with Crippen molar-refractivity contribution >= 4 is 17.4 Å². The number of carbonyl (C=O) groups is 1. The van der Waals surface area contributed by atoms with E-state index in [2.05, 4.69) is 10.6 Å². The van der Waals surface area contributed by atoms with Crippen LogP contribution in [0.5, 0.6) is 0 Å². The number of hydrogen-bond acceptors (Lipinski definition) is 3. The highest BCUT2D eigenvalue weighted by Gasteiger charge is 2.17. The Morgan fingerprint density at radius 2 is 2.28 bits per heavy atom. The van der Waals surface area contributed by atoms with Gasteiger partial charge in [0, 0.05) is 32.1 Å². The average Bonchev–Trinajstić information content (AvgIpc) is 2.82. The quantitative estimate of drug-likeness (QED) is 0.856. The Balaban J connectivity index is 1.91. The summed E-state index contributed by atoms with van der Waals surface area (Å²) in [5.74, 6) is 0. The predicted octanol–water partition coefficient (Wildman–Crippen LogP) is 1.66. The van der Waals surface area contributed by atoms with Crippen molar-refractivity contribution in [1.29, 1.82) is 0 Å². The molecule has 0 saturated carbocycles.